The Morgan fingerprint density at radius 1 is 1.40 bits per heavy atom. The maximum Gasteiger partial charge on any atom is 0.202 e. The van der Waals surface area contributed by atoms with E-state index in [1.54, 1.807) is 12.1 Å². The van der Waals surface area contributed by atoms with Gasteiger partial charge in [0.2, 0.25) is 5.13 Å². The van der Waals surface area contributed by atoms with Gasteiger partial charge in [0.25, 0.3) is 0 Å². The molecular weight excluding hydrogens is 275 g/mol. The molecule has 1 heterocycles. The number of nitrogens with zero attached hydrogens (tertiary/aromatic N) is 3. The van der Waals surface area contributed by atoms with Crippen molar-refractivity contribution in [3.63, 3.8) is 0 Å². The third kappa shape index (κ3) is 3.31. The summed E-state index contributed by atoms with van der Waals surface area (Å²) in [6.45, 7) is 6.44. The molecule has 0 aliphatic rings. The number of rotatable bonds is 3. The van der Waals surface area contributed by atoms with Crippen molar-refractivity contribution in [2.45, 2.75) is 32.7 Å². The highest BCUT2D eigenvalue weighted by Gasteiger charge is 2.19. The van der Waals surface area contributed by atoms with Crippen LogP contribution in [0.2, 0.25) is 0 Å². The van der Waals surface area contributed by atoms with Crippen LogP contribution in [-0.2, 0) is 12.0 Å². The van der Waals surface area contributed by atoms with Gasteiger partial charge >= 0.3 is 0 Å². The molecule has 2 aromatic rings. The van der Waals surface area contributed by atoms with Crippen molar-refractivity contribution >= 4 is 16.7 Å². The zero-order valence-electron chi connectivity index (χ0n) is 11.6. The van der Waals surface area contributed by atoms with E-state index in [4.69, 9.17) is 5.26 Å². The number of nitriles is 1. The molecule has 0 saturated carbocycles. The third-order valence-electron chi connectivity index (χ3n) is 2.71. The number of anilines is 1. The van der Waals surface area contributed by atoms with Gasteiger partial charge in [-0.2, -0.15) is 9.64 Å². The van der Waals surface area contributed by atoms with Gasteiger partial charge < -0.3 is 5.32 Å². The van der Waals surface area contributed by atoms with Crippen molar-refractivity contribution in [1.29, 1.82) is 5.26 Å². The Bertz CT molecular complexity index is 652. The van der Waals surface area contributed by atoms with Crippen molar-refractivity contribution in [3.05, 3.63) is 41.0 Å². The molecule has 1 aromatic heterocycles. The Hall–Kier alpha value is -2.00. The lowest BCUT2D eigenvalue weighted by Crippen LogP contribution is -2.13. The minimum atomic E-state index is -0.392. The molecule has 0 aliphatic carbocycles. The molecule has 4 nitrogen and oxygen atoms in total. The maximum absolute atomic E-state index is 13.7. The van der Waals surface area contributed by atoms with E-state index in [0.717, 1.165) is 5.82 Å². The Morgan fingerprint density at radius 2 is 2.15 bits per heavy atom. The van der Waals surface area contributed by atoms with Crippen molar-refractivity contribution in [1.82, 2.24) is 9.36 Å². The molecule has 0 spiro atoms. The lowest BCUT2D eigenvalue weighted by molar-refractivity contribution is 0.555. The van der Waals surface area contributed by atoms with Crippen LogP contribution in [0.15, 0.2) is 18.2 Å². The topological polar surface area (TPSA) is 61.6 Å². The fourth-order valence-electron chi connectivity index (χ4n) is 1.53. The summed E-state index contributed by atoms with van der Waals surface area (Å²) < 4.78 is 18.0. The Kier molecular flexibility index (Phi) is 4.00. The zero-order chi connectivity index (χ0) is 14.8. The van der Waals surface area contributed by atoms with Gasteiger partial charge in [0.05, 0.1) is 11.6 Å². The smallest absolute Gasteiger partial charge is 0.202 e. The van der Waals surface area contributed by atoms with E-state index >= 15 is 0 Å². The Balaban J connectivity index is 2.06. The van der Waals surface area contributed by atoms with Crippen LogP contribution in [0.5, 0.6) is 0 Å². The molecule has 1 aromatic carbocycles. The molecule has 0 saturated heterocycles. The van der Waals surface area contributed by atoms with Gasteiger partial charge in [-0.25, -0.2) is 9.37 Å². The van der Waals surface area contributed by atoms with Gasteiger partial charge in [0.1, 0.15) is 11.6 Å². The molecular formula is C14H15FN4S. The fourth-order valence-corrected chi connectivity index (χ4v) is 2.28. The molecule has 6 heteroatoms. The van der Waals surface area contributed by atoms with Gasteiger partial charge in [0, 0.05) is 29.1 Å². The predicted octanol–water partition coefficient (Wildman–Crippen LogP) is 3.46. The molecule has 20 heavy (non-hydrogen) atoms. The van der Waals surface area contributed by atoms with E-state index < -0.39 is 5.82 Å². The summed E-state index contributed by atoms with van der Waals surface area (Å²) in [5, 5.41) is 12.4. The first kappa shape index (κ1) is 14.4. The van der Waals surface area contributed by atoms with Crippen molar-refractivity contribution in [2.75, 3.05) is 5.32 Å². The van der Waals surface area contributed by atoms with E-state index in [-0.39, 0.29) is 5.41 Å². The summed E-state index contributed by atoms with van der Waals surface area (Å²) in [6, 6.07) is 6.34. The summed E-state index contributed by atoms with van der Waals surface area (Å²) >= 11 is 1.26. The van der Waals surface area contributed by atoms with Gasteiger partial charge in [-0.15, -0.1) is 0 Å². The van der Waals surface area contributed by atoms with Crippen molar-refractivity contribution in [2.24, 2.45) is 0 Å². The molecule has 104 valence electrons. The normalized spacial score (nSPS) is 11.2. The van der Waals surface area contributed by atoms with Gasteiger partial charge in [-0.05, 0) is 12.1 Å². The van der Waals surface area contributed by atoms with Crippen LogP contribution in [0.25, 0.3) is 0 Å². The number of nitrogens with one attached hydrogen (secondary N) is 1. The SMILES string of the molecule is CC(C)(C)c1nsc(NCc2ccc(C#N)cc2F)n1. The highest BCUT2D eigenvalue weighted by molar-refractivity contribution is 7.09. The third-order valence-corrected chi connectivity index (χ3v) is 3.38. The summed E-state index contributed by atoms with van der Waals surface area (Å²) in [5.41, 5.74) is 0.713. The molecule has 2 rings (SSSR count). The van der Waals surface area contributed by atoms with Crippen molar-refractivity contribution < 1.29 is 4.39 Å². The second-order valence-corrected chi connectivity index (χ2v) is 6.20. The molecule has 0 atom stereocenters. The molecule has 0 bridgehead atoms. The molecule has 0 fully saturated rings. The van der Waals surface area contributed by atoms with Crippen LogP contribution in [0.3, 0.4) is 0 Å². The molecule has 0 amide bonds. The first-order chi connectivity index (χ1) is 9.40. The van der Waals surface area contributed by atoms with E-state index in [9.17, 15) is 4.39 Å². The zero-order valence-corrected chi connectivity index (χ0v) is 12.4. The quantitative estimate of drug-likeness (QED) is 0.940. The predicted molar refractivity (Wildman–Crippen MR) is 77.1 cm³/mol. The summed E-state index contributed by atoms with van der Waals surface area (Å²) in [5.74, 6) is 0.377. The molecule has 1 N–H and O–H groups in total. The fraction of sp³-hybridized carbons (Fsp3) is 0.357. The minimum absolute atomic E-state index is 0.101. The second kappa shape index (κ2) is 5.55. The minimum Gasteiger partial charge on any atom is -0.356 e. The van der Waals surface area contributed by atoms with Crippen LogP contribution in [-0.4, -0.2) is 9.36 Å². The maximum atomic E-state index is 13.7. The average molecular weight is 290 g/mol. The molecule has 0 unspecified atom stereocenters. The second-order valence-electron chi connectivity index (χ2n) is 5.44. The number of hydrogen-bond donors (Lipinski definition) is 1. The van der Waals surface area contributed by atoms with Gasteiger partial charge in [-0.3, -0.25) is 0 Å². The molecule has 0 aliphatic heterocycles. The van der Waals surface area contributed by atoms with Crippen LogP contribution >= 0.6 is 11.5 Å². The number of aromatic nitrogens is 2. The van der Waals surface area contributed by atoms with E-state index in [1.807, 2.05) is 26.8 Å². The highest BCUT2D eigenvalue weighted by Crippen LogP contribution is 2.23. The van der Waals surface area contributed by atoms with Crippen LogP contribution in [0, 0.1) is 17.1 Å². The highest BCUT2D eigenvalue weighted by atomic mass is 32.1. The number of hydrogen-bond acceptors (Lipinski definition) is 5. The lowest BCUT2D eigenvalue weighted by atomic mass is 9.96. The Morgan fingerprint density at radius 3 is 2.70 bits per heavy atom. The van der Waals surface area contributed by atoms with E-state index in [1.165, 1.54) is 17.6 Å². The van der Waals surface area contributed by atoms with Gasteiger partial charge in [0.15, 0.2) is 0 Å². The van der Waals surface area contributed by atoms with E-state index in [2.05, 4.69) is 14.7 Å². The first-order valence-electron chi connectivity index (χ1n) is 6.17. The molecule has 0 radical (unpaired) electrons. The van der Waals surface area contributed by atoms with Crippen LogP contribution in [0.4, 0.5) is 9.52 Å². The number of halogens is 1. The van der Waals surface area contributed by atoms with E-state index in [0.29, 0.717) is 22.8 Å². The summed E-state index contributed by atoms with van der Waals surface area (Å²) in [6.07, 6.45) is 0. The van der Waals surface area contributed by atoms with Crippen LogP contribution < -0.4 is 5.32 Å². The van der Waals surface area contributed by atoms with Gasteiger partial charge in [-0.1, -0.05) is 26.8 Å². The van der Waals surface area contributed by atoms with Crippen molar-refractivity contribution in [3.8, 4) is 6.07 Å². The summed E-state index contributed by atoms with van der Waals surface area (Å²) in [4.78, 5) is 4.38. The largest absolute Gasteiger partial charge is 0.356 e. The number of benzene rings is 1. The Labute approximate surface area is 121 Å². The lowest BCUT2D eigenvalue weighted by Gasteiger charge is -2.12. The summed E-state index contributed by atoms with van der Waals surface area (Å²) in [7, 11) is 0. The average Bonchev–Trinajstić information content (AvgIpc) is 2.86. The van der Waals surface area contributed by atoms with Crippen LogP contribution in [0.1, 0.15) is 37.7 Å². The monoisotopic (exact) mass is 290 g/mol. The first-order valence-corrected chi connectivity index (χ1v) is 6.94. The standard InChI is InChI=1S/C14H15FN4S/c1-14(2,3)12-18-13(20-19-12)17-8-10-5-4-9(7-16)6-11(10)15/h4-6H,8H2,1-3H3,(H,17,18,19).